The molecule has 0 aliphatic carbocycles. The molecule has 1 aromatic rings. The fraction of sp³-hybridized carbons (Fsp3) is 0.417. The van der Waals surface area contributed by atoms with E-state index >= 15 is 0 Å². The minimum atomic E-state index is -5.18. The highest BCUT2D eigenvalue weighted by Gasteiger charge is 2.39. The molecule has 128 valence electrons. The number of carboxylic acid groups (broad SMARTS) is 1. The van der Waals surface area contributed by atoms with E-state index in [-0.39, 0.29) is 19.5 Å². The van der Waals surface area contributed by atoms with Crippen LogP contribution in [0.25, 0.3) is 0 Å². The lowest BCUT2D eigenvalue weighted by Gasteiger charge is -2.18. The summed E-state index contributed by atoms with van der Waals surface area (Å²) in [6.45, 7) is -0.537. The van der Waals surface area contributed by atoms with Gasteiger partial charge in [0.05, 0.1) is 5.92 Å². The molecule has 0 bridgehead atoms. The van der Waals surface area contributed by atoms with Gasteiger partial charge in [-0.2, -0.15) is 4.31 Å². The van der Waals surface area contributed by atoms with Gasteiger partial charge in [0.25, 0.3) is 0 Å². The Morgan fingerprint density at radius 2 is 2.00 bits per heavy atom. The van der Waals surface area contributed by atoms with Crippen LogP contribution < -0.4 is 4.74 Å². The maximum atomic E-state index is 14.1. The van der Waals surface area contributed by atoms with Crippen molar-refractivity contribution >= 4 is 16.0 Å². The third kappa shape index (κ3) is 3.72. The molecular weight excluding hydrogens is 346 g/mol. The first-order valence-electron chi connectivity index (χ1n) is 6.29. The van der Waals surface area contributed by atoms with Gasteiger partial charge in [0.1, 0.15) is 4.90 Å². The van der Waals surface area contributed by atoms with Crippen molar-refractivity contribution < 1.29 is 40.6 Å². The first-order valence-corrected chi connectivity index (χ1v) is 7.73. The molecule has 11 heteroatoms. The summed E-state index contributed by atoms with van der Waals surface area (Å²) in [4.78, 5) is 9.85. The molecule has 1 aliphatic rings. The van der Waals surface area contributed by atoms with Gasteiger partial charge >= 0.3 is 12.3 Å². The van der Waals surface area contributed by atoms with E-state index in [9.17, 15) is 30.8 Å². The zero-order valence-electron chi connectivity index (χ0n) is 11.4. The van der Waals surface area contributed by atoms with Crippen LogP contribution in [-0.4, -0.2) is 43.3 Å². The Kier molecular flexibility index (Phi) is 4.53. The molecule has 1 unspecified atom stereocenters. The van der Waals surface area contributed by atoms with Crippen LogP contribution in [0.4, 0.5) is 17.6 Å². The third-order valence-corrected chi connectivity index (χ3v) is 5.15. The summed E-state index contributed by atoms with van der Waals surface area (Å²) in [6, 6.07) is 2.34. The molecule has 1 fully saturated rings. The number of aliphatic carboxylic acids is 1. The number of benzene rings is 1. The van der Waals surface area contributed by atoms with Crippen LogP contribution in [0.15, 0.2) is 23.1 Å². The molecule has 1 aliphatic heterocycles. The monoisotopic (exact) mass is 357 g/mol. The number of carbonyl (C=O) groups is 1. The second kappa shape index (κ2) is 5.96. The van der Waals surface area contributed by atoms with Gasteiger partial charge in [0.2, 0.25) is 10.0 Å². The van der Waals surface area contributed by atoms with E-state index in [2.05, 4.69) is 4.74 Å². The van der Waals surface area contributed by atoms with Crippen molar-refractivity contribution in [2.24, 2.45) is 5.92 Å². The molecule has 0 spiro atoms. The number of alkyl halides is 3. The van der Waals surface area contributed by atoms with Crippen molar-refractivity contribution in [2.75, 3.05) is 13.1 Å². The summed E-state index contributed by atoms with van der Waals surface area (Å²) in [5, 5.41) is 8.85. The number of ether oxygens (including phenoxy) is 1. The maximum absolute atomic E-state index is 14.1. The predicted octanol–water partition coefficient (Wildman–Crippen LogP) is 1.82. The van der Waals surface area contributed by atoms with E-state index in [0.29, 0.717) is 6.07 Å². The van der Waals surface area contributed by atoms with E-state index in [4.69, 9.17) is 5.11 Å². The molecule has 0 saturated carbocycles. The highest BCUT2D eigenvalue weighted by Crippen LogP contribution is 2.32. The van der Waals surface area contributed by atoms with E-state index in [1.165, 1.54) is 0 Å². The van der Waals surface area contributed by atoms with Gasteiger partial charge in [-0.1, -0.05) is 6.07 Å². The summed E-state index contributed by atoms with van der Waals surface area (Å²) in [6.07, 6.45) is -5.14. The molecular formula is C12H11F4NO5S. The Morgan fingerprint density at radius 1 is 1.35 bits per heavy atom. The number of rotatable bonds is 4. The fourth-order valence-electron chi connectivity index (χ4n) is 2.18. The van der Waals surface area contributed by atoms with Gasteiger partial charge < -0.3 is 9.84 Å². The summed E-state index contributed by atoms with van der Waals surface area (Å²) in [5.41, 5.74) is 0. The van der Waals surface area contributed by atoms with Crippen LogP contribution in [0.1, 0.15) is 6.42 Å². The second-order valence-corrected chi connectivity index (χ2v) is 6.71. The van der Waals surface area contributed by atoms with Crippen molar-refractivity contribution in [1.82, 2.24) is 4.31 Å². The summed E-state index contributed by atoms with van der Waals surface area (Å²) < 4.78 is 79.3. The van der Waals surface area contributed by atoms with Gasteiger partial charge in [0.15, 0.2) is 11.6 Å². The average molecular weight is 357 g/mol. The molecule has 1 saturated heterocycles. The molecule has 1 N–H and O–H groups in total. The third-order valence-electron chi connectivity index (χ3n) is 3.27. The minimum Gasteiger partial charge on any atom is -0.481 e. The number of halogens is 4. The zero-order valence-corrected chi connectivity index (χ0v) is 12.2. The minimum absolute atomic E-state index is 0.0366. The average Bonchev–Trinajstić information content (AvgIpc) is 2.90. The van der Waals surface area contributed by atoms with Crippen molar-refractivity contribution in [3.8, 4) is 5.75 Å². The van der Waals surface area contributed by atoms with E-state index < -0.39 is 44.7 Å². The first kappa shape index (κ1) is 17.5. The van der Waals surface area contributed by atoms with Gasteiger partial charge in [-0.25, -0.2) is 12.8 Å². The highest BCUT2D eigenvalue weighted by atomic mass is 32.2. The maximum Gasteiger partial charge on any atom is 0.573 e. The topological polar surface area (TPSA) is 83.9 Å². The Balaban J connectivity index is 2.34. The van der Waals surface area contributed by atoms with Gasteiger partial charge in [-0.15, -0.1) is 13.2 Å². The van der Waals surface area contributed by atoms with Crippen molar-refractivity contribution in [2.45, 2.75) is 17.7 Å². The first-order chi connectivity index (χ1) is 10.5. The molecule has 1 aromatic carbocycles. The lowest BCUT2D eigenvalue weighted by atomic mass is 10.1. The number of sulfonamides is 1. The Morgan fingerprint density at radius 3 is 2.52 bits per heavy atom. The highest BCUT2D eigenvalue weighted by molar-refractivity contribution is 7.89. The van der Waals surface area contributed by atoms with Crippen LogP contribution >= 0.6 is 0 Å². The van der Waals surface area contributed by atoms with E-state index in [1.807, 2.05) is 0 Å². The van der Waals surface area contributed by atoms with Crippen molar-refractivity contribution in [3.05, 3.63) is 24.0 Å². The molecule has 1 heterocycles. The van der Waals surface area contributed by atoms with E-state index in [1.54, 1.807) is 0 Å². The Bertz CT molecular complexity index is 719. The lowest BCUT2D eigenvalue weighted by molar-refractivity contribution is -0.275. The molecule has 1 atom stereocenters. The second-order valence-electron chi connectivity index (χ2n) is 4.80. The quantitative estimate of drug-likeness (QED) is 0.831. The number of hydrogen-bond donors (Lipinski definition) is 1. The SMILES string of the molecule is O=C(O)C1CCN(S(=O)(=O)c2cccc(OC(F)(F)F)c2F)C1. The lowest BCUT2D eigenvalue weighted by Crippen LogP contribution is -2.31. The van der Waals surface area contributed by atoms with Crippen LogP contribution in [0.5, 0.6) is 5.75 Å². The Hall–Kier alpha value is -1.88. The largest absolute Gasteiger partial charge is 0.573 e. The Labute approximate surface area is 128 Å². The smallest absolute Gasteiger partial charge is 0.481 e. The van der Waals surface area contributed by atoms with Crippen LogP contribution in [0.2, 0.25) is 0 Å². The summed E-state index contributed by atoms with van der Waals surface area (Å²) >= 11 is 0. The zero-order chi connectivity index (χ0) is 17.4. The van der Waals surface area contributed by atoms with Gasteiger partial charge in [-0.05, 0) is 18.6 Å². The summed E-state index contributed by atoms with van der Waals surface area (Å²) in [5.74, 6) is -5.09. The standard InChI is InChI=1S/C12H11F4NO5S/c13-10-8(22-12(14,15)16)2-1-3-9(10)23(20,21)17-5-4-7(6-17)11(18)19/h1-3,7H,4-6H2,(H,18,19). The predicted molar refractivity (Wildman–Crippen MR) is 67.6 cm³/mol. The number of nitrogens with zero attached hydrogens (tertiary/aromatic N) is 1. The number of hydrogen-bond acceptors (Lipinski definition) is 4. The van der Waals surface area contributed by atoms with Crippen LogP contribution in [-0.2, 0) is 14.8 Å². The fourth-order valence-corrected chi connectivity index (χ4v) is 3.76. The molecule has 23 heavy (non-hydrogen) atoms. The van der Waals surface area contributed by atoms with Crippen molar-refractivity contribution in [3.63, 3.8) is 0 Å². The molecule has 0 aromatic heterocycles. The van der Waals surface area contributed by atoms with E-state index in [0.717, 1.165) is 16.4 Å². The molecule has 2 rings (SSSR count). The van der Waals surface area contributed by atoms with Crippen LogP contribution in [0, 0.1) is 11.7 Å². The van der Waals surface area contributed by atoms with Crippen LogP contribution in [0.3, 0.4) is 0 Å². The van der Waals surface area contributed by atoms with Gasteiger partial charge in [0, 0.05) is 13.1 Å². The molecule has 6 nitrogen and oxygen atoms in total. The van der Waals surface area contributed by atoms with Crippen molar-refractivity contribution in [1.29, 1.82) is 0 Å². The number of carboxylic acids is 1. The molecule has 0 amide bonds. The normalized spacial score (nSPS) is 19.7. The van der Waals surface area contributed by atoms with Gasteiger partial charge in [-0.3, -0.25) is 4.79 Å². The summed E-state index contributed by atoms with van der Waals surface area (Å²) in [7, 11) is -4.47. The molecule has 0 radical (unpaired) electrons.